The van der Waals surface area contributed by atoms with Crippen LogP contribution in [0.3, 0.4) is 0 Å². The van der Waals surface area contributed by atoms with Gasteiger partial charge in [-0.25, -0.2) is 0 Å². The first-order valence-electron chi connectivity index (χ1n) is 7.33. The number of anilines is 1. The Bertz CT molecular complexity index is 603. The molecule has 0 radical (unpaired) electrons. The number of hydrogen-bond donors (Lipinski definition) is 2. The molecule has 0 aromatic heterocycles. The van der Waals surface area contributed by atoms with Crippen molar-refractivity contribution in [1.29, 1.82) is 0 Å². The molecule has 1 aliphatic carbocycles. The van der Waals surface area contributed by atoms with Gasteiger partial charge in [0.25, 0.3) is 0 Å². The van der Waals surface area contributed by atoms with Crippen LogP contribution in [0.15, 0.2) is 42.5 Å². The number of rotatable bonds is 4. The fourth-order valence-electron chi connectivity index (χ4n) is 2.83. The molecule has 3 nitrogen and oxygen atoms in total. The van der Waals surface area contributed by atoms with Gasteiger partial charge in [0, 0.05) is 11.7 Å². The van der Waals surface area contributed by atoms with E-state index in [-0.39, 0.29) is 5.91 Å². The highest BCUT2D eigenvalue weighted by molar-refractivity contribution is 5.87. The fourth-order valence-corrected chi connectivity index (χ4v) is 2.83. The number of carbonyl (C=O) groups excluding carboxylic acids is 1. The predicted octanol–water partition coefficient (Wildman–Crippen LogP) is 3.31. The zero-order valence-electron chi connectivity index (χ0n) is 11.6. The molecular formula is C17H20N2O. The summed E-state index contributed by atoms with van der Waals surface area (Å²) in [6.45, 7) is 0.342. The van der Waals surface area contributed by atoms with Gasteiger partial charge in [0.05, 0.1) is 6.54 Å². The number of hydrogen-bond acceptors (Lipinski definition) is 2. The maximum absolute atomic E-state index is 11.9. The maximum Gasteiger partial charge on any atom is 0.239 e. The van der Waals surface area contributed by atoms with Crippen molar-refractivity contribution in [3.8, 4) is 0 Å². The third-order valence-corrected chi connectivity index (χ3v) is 3.92. The summed E-state index contributed by atoms with van der Waals surface area (Å²) in [6.07, 6.45) is 4.73. The lowest BCUT2D eigenvalue weighted by atomic mass is 10.1. The van der Waals surface area contributed by atoms with Gasteiger partial charge in [-0.05, 0) is 35.7 Å². The number of fused-ring (bicyclic) bond motifs is 1. The van der Waals surface area contributed by atoms with Gasteiger partial charge in [-0.15, -0.1) is 0 Å². The standard InChI is InChI=1S/C17H20N2O/c20-17(19-15-7-3-4-8-15)12-18-16-10-9-13-5-1-2-6-14(13)11-16/h1-2,5-6,9-11,15,18H,3-4,7-8,12H2,(H,19,20). The second kappa shape index (κ2) is 5.95. The van der Waals surface area contributed by atoms with Crippen LogP contribution in [0.5, 0.6) is 0 Å². The van der Waals surface area contributed by atoms with Crippen LogP contribution in [0.4, 0.5) is 5.69 Å². The Morgan fingerprint density at radius 3 is 2.60 bits per heavy atom. The van der Waals surface area contributed by atoms with Gasteiger partial charge in [-0.3, -0.25) is 4.79 Å². The van der Waals surface area contributed by atoms with E-state index in [2.05, 4.69) is 34.9 Å². The van der Waals surface area contributed by atoms with E-state index in [1.165, 1.54) is 23.6 Å². The third kappa shape index (κ3) is 3.10. The monoisotopic (exact) mass is 268 g/mol. The minimum Gasteiger partial charge on any atom is -0.376 e. The van der Waals surface area contributed by atoms with Crippen LogP contribution in [-0.2, 0) is 4.79 Å². The van der Waals surface area contributed by atoms with Crippen LogP contribution in [0.1, 0.15) is 25.7 Å². The molecule has 3 heteroatoms. The van der Waals surface area contributed by atoms with Crippen molar-refractivity contribution in [3.63, 3.8) is 0 Å². The maximum atomic E-state index is 11.9. The molecule has 20 heavy (non-hydrogen) atoms. The molecule has 0 aliphatic heterocycles. The summed E-state index contributed by atoms with van der Waals surface area (Å²) in [5.41, 5.74) is 0.991. The smallest absolute Gasteiger partial charge is 0.239 e. The first-order valence-corrected chi connectivity index (χ1v) is 7.33. The summed E-state index contributed by atoms with van der Waals surface area (Å²) in [7, 11) is 0. The van der Waals surface area contributed by atoms with Gasteiger partial charge in [-0.2, -0.15) is 0 Å². The largest absolute Gasteiger partial charge is 0.376 e. The van der Waals surface area contributed by atoms with E-state index in [4.69, 9.17) is 0 Å². The summed E-state index contributed by atoms with van der Waals surface area (Å²) in [5.74, 6) is 0.0880. The average molecular weight is 268 g/mol. The van der Waals surface area contributed by atoms with Gasteiger partial charge in [-0.1, -0.05) is 43.2 Å². The first-order chi connectivity index (χ1) is 9.81. The van der Waals surface area contributed by atoms with Gasteiger partial charge in [0.1, 0.15) is 0 Å². The second-order valence-electron chi connectivity index (χ2n) is 5.46. The highest BCUT2D eigenvalue weighted by atomic mass is 16.1. The zero-order valence-corrected chi connectivity index (χ0v) is 11.6. The molecule has 0 heterocycles. The Labute approximate surface area is 119 Å². The molecule has 1 fully saturated rings. The van der Waals surface area contributed by atoms with Crippen molar-refractivity contribution in [2.75, 3.05) is 11.9 Å². The Balaban J connectivity index is 1.57. The number of amides is 1. The van der Waals surface area contributed by atoms with E-state index in [1.807, 2.05) is 18.2 Å². The van der Waals surface area contributed by atoms with Gasteiger partial charge >= 0.3 is 0 Å². The van der Waals surface area contributed by atoms with Crippen molar-refractivity contribution in [2.24, 2.45) is 0 Å². The molecule has 2 aromatic rings. The highest BCUT2D eigenvalue weighted by Gasteiger charge is 2.16. The van der Waals surface area contributed by atoms with Crippen LogP contribution in [-0.4, -0.2) is 18.5 Å². The zero-order chi connectivity index (χ0) is 13.8. The quantitative estimate of drug-likeness (QED) is 0.893. The number of carbonyl (C=O) groups is 1. The second-order valence-corrected chi connectivity index (χ2v) is 5.46. The molecular weight excluding hydrogens is 248 g/mol. The van der Waals surface area contributed by atoms with Crippen molar-refractivity contribution in [2.45, 2.75) is 31.7 Å². The van der Waals surface area contributed by atoms with Crippen molar-refractivity contribution >= 4 is 22.4 Å². The van der Waals surface area contributed by atoms with E-state index in [9.17, 15) is 4.79 Å². The molecule has 0 bridgehead atoms. The SMILES string of the molecule is O=C(CNc1ccc2ccccc2c1)NC1CCCC1. The van der Waals surface area contributed by atoms with E-state index in [1.54, 1.807) is 0 Å². The highest BCUT2D eigenvalue weighted by Crippen LogP contribution is 2.19. The summed E-state index contributed by atoms with van der Waals surface area (Å²) in [5, 5.41) is 8.69. The molecule has 0 unspecified atom stereocenters. The molecule has 3 rings (SSSR count). The van der Waals surface area contributed by atoms with E-state index < -0.39 is 0 Å². The van der Waals surface area contributed by atoms with Crippen molar-refractivity contribution < 1.29 is 4.79 Å². The predicted molar refractivity (Wildman–Crippen MR) is 82.8 cm³/mol. The minimum atomic E-state index is 0.0880. The Hall–Kier alpha value is -2.03. The third-order valence-electron chi connectivity index (χ3n) is 3.92. The average Bonchev–Trinajstić information content (AvgIpc) is 2.98. The summed E-state index contributed by atoms with van der Waals surface area (Å²) in [4.78, 5) is 11.9. The van der Waals surface area contributed by atoms with E-state index in [0.717, 1.165) is 18.5 Å². The summed E-state index contributed by atoms with van der Waals surface area (Å²) in [6, 6.07) is 14.8. The molecule has 2 N–H and O–H groups in total. The molecule has 2 aromatic carbocycles. The van der Waals surface area contributed by atoms with Crippen LogP contribution in [0, 0.1) is 0 Å². The molecule has 0 saturated heterocycles. The summed E-state index contributed by atoms with van der Waals surface area (Å²) < 4.78 is 0. The topological polar surface area (TPSA) is 41.1 Å². The van der Waals surface area contributed by atoms with Gasteiger partial charge in [0.2, 0.25) is 5.91 Å². The Morgan fingerprint density at radius 2 is 1.80 bits per heavy atom. The van der Waals surface area contributed by atoms with Gasteiger partial charge in [0.15, 0.2) is 0 Å². The summed E-state index contributed by atoms with van der Waals surface area (Å²) >= 11 is 0. The number of benzene rings is 2. The number of nitrogens with one attached hydrogen (secondary N) is 2. The van der Waals surface area contributed by atoms with Crippen molar-refractivity contribution in [1.82, 2.24) is 5.32 Å². The molecule has 104 valence electrons. The normalized spacial score (nSPS) is 15.4. The van der Waals surface area contributed by atoms with Crippen LogP contribution < -0.4 is 10.6 Å². The van der Waals surface area contributed by atoms with E-state index in [0.29, 0.717) is 12.6 Å². The lowest BCUT2D eigenvalue weighted by Gasteiger charge is -2.13. The van der Waals surface area contributed by atoms with Gasteiger partial charge < -0.3 is 10.6 Å². The molecule has 0 spiro atoms. The molecule has 0 atom stereocenters. The lowest BCUT2D eigenvalue weighted by Crippen LogP contribution is -2.36. The molecule has 1 saturated carbocycles. The van der Waals surface area contributed by atoms with Crippen molar-refractivity contribution in [3.05, 3.63) is 42.5 Å². The van der Waals surface area contributed by atoms with Crippen LogP contribution in [0.25, 0.3) is 10.8 Å². The van der Waals surface area contributed by atoms with Crippen LogP contribution in [0.2, 0.25) is 0 Å². The van der Waals surface area contributed by atoms with Crippen LogP contribution >= 0.6 is 0 Å². The lowest BCUT2D eigenvalue weighted by molar-refractivity contribution is -0.120. The molecule has 1 amide bonds. The Morgan fingerprint density at radius 1 is 1.05 bits per heavy atom. The Kier molecular flexibility index (Phi) is 3.86. The minimum absolute atomic E-state index is 0.0880. The van der Waals surface area contributed by atoms with E-state index >= 15 is 0 Å². The fraction of sp³-hybridized carbons (Fsp3) is 0.353. The molecule has 1 aliphatic rings. The first kappa shape index (κ1) is 13.0.